The van der Waals surface area contributed by atoms with E-state index in [0.29, 0.717) is 128 Å². The molecule has 3 aromatic rings. The molecule has 13 heterocycles. The highest BCUT2D eigenvalue weighted by Crippen LogP contribution is 2.55. The van der Waals surface area contributed by atoms with Gasteiger partial charge in [0.1, 0.15) is 54.4 Å². The van der Waals surface area contributed by atoms with Crippen molar-refractivity contribution in [2.75, 3.05) is 110 Å². The fraction of sp³-hybridized carbons (Fsp3) is 0.695. The molecule has 12 bridgehead atoms. The Bertz CT molecular complexity index is 3940. The summed E-state index contributed by atoms with van der Waals surface area (Å²) in [7, 11) is -2.66. The van der Waals surface area contributed by atoms with Crippen LogP contribution >= 0.6 is 0 Å². The number of aliphatic hydroxyl groups is 1. The summed E-state index contributed by atoms with van der Waals surface area (Å²) in [4.78, 5) is 71.8. The summed E-state index contributed by atoms with van der Waals surface area (Å²) in [5, 5.41) is 19.7. The summed E-state index contributed by atoms with van der Waals surface area (Å²) < 4.78 is 137. The number of rotatable bonds is 41. The number of ketones is 2. The number of aliphatic hydroxyl groups excluding tert-OH is 1. The molecule has 0 aliphatic carbocycles. The van der Waals surface area contributed by atoms with Crippen molar-refractivity contribution in [3.63, 3.8) is 0 Å². The van der Waals surface area contributed by atoms with Crippen molar-refractivity contribution in [3.8, 4) is 0 Å². The van der Waals surface area contributed by atoms with Crippen LogP contribution in [-0.4, -0.2) is 277 Å². The zero-order valence-electron chi connectivity index (χ0n) is 65.8. The number of amides is 2. The van der Waals surface area contributed by atoms with E-state index in [-0.39, 0.29) is 180 Å². The second-order valence-electron chi connectivity index (χ2n) is 31.4. The molecule has 0 radical (unpaired) electrons. The number of nitrogens with zero attached hydrogens (tertiary/aromatic N) is 7. The van der Waals surface area contributed by atoms with Gasteiger partial charge < -0.3 is 85.6 Å². The highest BCUT2D eigenvalue weighted by Gasteiger charge is 2.69. The Balaban J connectivity index is 0.513. The molecule has 11 aliphatic heterocycles. The van der Waals surface area contributed by atoms with Gasteiger partial charge in [-0.15, -0.1) is 5.10 Å². The number of fused-ring (bicyclic) bond motifs is 6. The zero-order valence-corrected chi connectivity index (χ0v) is 66.6. The third-order valence-electron chi connectivity index (χ3n) is 23.3. The van der Waals surface area contributed by atoms with Gasteiger partial charge in [-0.3, -0.25) is 38.2 Å². The van der Waals surface area contributed by atoms with Crippen LogP contribution in [0, 0.1) is 18.4 Å². The third kappa shape index (κ3) is 22.8. The van der Waals surface area contributed by atoms with E-state index >= 15 is 0 Å². The number of methoxy groups -OCH3 is 1. The van der Waals surface area contributed by atoms with E-state index in [0.717, 1.165) is 52.5 Å². The van der Waals surface area contributed by atoms with E-state index in [1.165, 1.54) is 30.5 Å². The molecular weight excluding hydrogens is 1510 g/mol. The molecular formula is C82H111N7O25S. The molecule has 10 saturated heterocycles. The topological polar surface area (TPSA) is 351 Å². The van der Waals surface area contributed by atoms with Crippen molar-refractivity contribution in [3.05, 3.63) is 108 Å². The van der Waals surface area contributed by atoms with E-state index in [9.17, 15) is 37.5 Å². The molecule has 1 aromatic carbocycles. The van der Waals surface area contributed by atoms with Crippen LogP contribution in [0.3, 0.4) is 0 Å². The second-order valence-corrected chi connectivity index (χ2v) is 33.2. The molecule has 115 heavy (non-hydrogen) atoms. The van der Waals surface area contributed by atoms with Crippen LogP contribution in [0.1, 0.15) is 134 Å². The maximum absolute atomic E-state index is 14.6. The quantitative estimate of drug-likeness (QED) is 0.0202. The highest BCUT2D eigenvalue weighted by atomic mass is 32.2. The van der Waals surface area contributed by atoms with Gasteiger partial charge in [-0.2, -0.15) is 8.42 Å². The summed E-state index contributed by atoms with van der Waals surface area (Å²) in [6.07, 6.45) is 7.86. The standard InChI is InChI=1S/C82H111N7O25S/c1-52-41-62-14-16-66-53(2)42-64(107-66)22-24-82-47-71-78(113-82)79-80(112-71)81(114-82)77-67(111-79)17-15-63(109-77)43-61(92)44-65-69(46-68(108-62)54(52)3)110-70(76(65)98-5)45-60(91)13-21-75(95)106-50-55-8-11-58(12-9-55)89(115(96,97)72-18-10-56(83-4)48-84-72)27-30-101-33-36-103-35-32-100-29-26-87-49-57(85-86-87)51-105-40-39-104-38-37-102-34-31-99-28-6-7-59(90)23-25-88-73(93)19-20-74(88)94/h8-12,18-20,48-49,52,60,62-71,76-81,91H,2-3,6-7,13-17,21-47,50-51H2,1,5H3/t52-,60-,62?,63?,64?,65+,66+,67+,68-,69+,70?,71?,76-,77+,78?,79+,80-,81+,82+/m1/s1. The van der Waals surface area contributed by atoms with Gasteiger partial charge in [0.15, 0.2) is 10.8 Å². The van der Waals surface area contributed by atoms with Gasteiger partial charge >= 0.3 is 5.97 Å². The van der Waals surface area contributed by atoms with E-state index in [1.54, 1.807) is 42.3 Å². The highest BCUT2D eigenvalue weighted by molar-refractivity contribution is 7.92. The first-order valence-corrected chi connectivity index (χ1v) is 42.2. The maximum atomic E-state index is 14.6. The average molecular weight is 1630 g/mol. The Hall–Kier alpha value is -6.76. The number of Topliss-reactive ketones (excluding diaryl/α,β-unsaturated/α-hetero) is 2. The van der Waals surface area contributed by atoms with Crippen molar-refractivity contribution in [2.24, 2.45) is 11.8 Å². The van der Waals surface area contributed by atoms with Crippen LogP contribution in [0.4, 0.5) is 11.4 Å². The number of benzene rings is 1. The molecule has 19 atom stereocenters. The van der Waals surface area contributed by atoms with Crippen LogP contribution in [0.15, 0.2) is 90.3 Å². The van der Waals surface area contributed by atoms with Crippen molar-refractivity contribution < 1.29 is 118 Å². The smallest absolute Gasteiger partial charge is 0.306 e. The third-order valence-corrected chi connectivity index (χ3v) is 25.0. The van der Waals surface area contributed by atoms with Crippen LogP contribution in [0.25, 0.3) is 4.85 Å². The normalized spacial score (nSPS) is 30.7. The van der Waals surface area contributed by atoms with E-state index in [2.05, 4.69) is 40.2 Å². The summed E-state index contributed by atoms with van der Waals surface area (Å²) in [6.45, 7) is 23.1. The Morgan fingerprint density at radius 1 is 0.687 bits per heavy atom. The summed E-state index contributed by atoms with van der Waals surface area (Å²) in [5.41, 5.74) is 3.75. The largest absolute Gasteiger partial charge is 0.461 e. The molecule has 10 fully saturated rings. The number of carbonyl (C=O) groups is 5. The predicted molar refractivity (Wildman–Crippen MR) is 407 cm³/mol. The van der Waals surface area contributed by atoms with E-state index in [4.69, 9.17) is 87.1 Å². The van der Waals surface area contributed by atoms with Crippen molar-refractivity contribution >= 4 is 50.7 Å². The number of ether oxygens (including phenoxy) is 17. The fourth-order valence-corrected chi connectivity index (χ4v) is 18.6. The lowest BCUT2D eigenvalue weighted by Gasteiger charge is -2.47. The number of pyridine rings is 1. The minimum absolute atomic E-state index is 0.00531. The summed E-state index contributed by atoms with van der Waals surface area (Å²) >= 11 is 0. The van der Waals surface area contributed by atoms with E-state index < -0.39 is 76.1 Å². The van der Waals surface area contributed by atoms with Crippen LogP contribution in [-0.2, 0) is 134 Å². The lowest BCUT2D eigenvalue weighted by molar-refractivity contribution is -0.292. The Morgan fingerprint density at radius 2 is 1.37 bits per heavy atom. The predicted octanol–water partition coefficient (Wildman–Crippen LogP) is 6.72. The lowest BCUT2D eigenvalue weighted by Crippen LogP contribution is -2.61. The van der Waals surface area contributed by atoms with Crippen molar-refractivity contribution in [2.45, 2.75) is 251 Å². The molecule has 630 valence electrons. The fourth-order valence-electron chi connectivity index (χ4n) is 17.3. The van der Waals surface area contributed by atoms with Gasteiger partial charge in [0.05, 0.1) is 185 Å². The minimum Gasteiger partial charge on any atom is -0.461 e. The number of hydrogen-bond donors (Lipinski definition) is 1. The van der Waals surface area contributed by atoms with Crippen LogP contribution in [0.5, 0.6) is 0 Å². The SMILES string of the molecule is [C-]#[N+]c1ccc(S(=O)(=O)N(CCOCCOCCOCCn2cc(COCCOCCOCCOCCCC(=O)CCN3C(=O)C=CC3=O)nn2)c2ccc(COC(=O)CC[C@@H](O)CC3O[C@H]4C[C@H]5OC(CC[C@@H]6OC(CC[C@@]78CC9O[C@H]%10[C@@H](O7)[C@H]7OC(CC[C@@H]7O[C@H]%10C9O8)CC(=O)C[C@@H]4[C@H]3OC)CC6=C)C[C@@H](C)C5=C)cc2)nc1. The number of sulfonamides is 1. The van der Waals surface area contributed by atoms with Gasteiger partial charge in [-0.25, -0.2) is 9.53 Å². The first kappa shape index (κ1) is 86.1. The molecule has 32 nitrogen and oxygen atoms in total. The number of anilines is 1. The molecule has 0 saturated carbocycles. The maximum Gasteiger partial charge on any atom is 0.306 e. The number of esters is 1. The van der Waals surface area contributed by atoms with Gasteiger partial charge in [-0.05, 0) is 98.6 Å². The number of aromatic nitrogens is 4. The van der Waals surface area contributed by atoms with Crippen LogP contribution < -0.4 is 4.31 Å². The first-order valence-electron chi connectivity index (χ1n) is 40.8. The summed E-state index contributed by atoms with van der Waals surface area (Å²) in [6, 6.07) is 9.16. The number of hydrogen-bond acceptors (Lipinski definition) is 28. The molecule has 1 N–H and O–H groups in total. The first-order chi connectivity index (χ1) is 55.8. The molecule has 33 heteroatoms. The van der Waals surface area contributed by atoms with Gasteiger partial charge in [0.25, 0.3) is 21.8 Å². The van der Waals surface area contributed by atoms with Gasteiger partial charge in [0, 0.05) is 102 Å². The Labute approximate surface area is 671 Å². The number of carbonyl (C=O) groups excluding carboxylic acids is 5. The molecule has 2 amide bonds. The second kappa shape index (κ2) is 41.3. The molecule has 2 aromatic heterocycles. The van der Waals surface area contributed by atoms with Gasteiger partial charge in [0.2, 0.25) is 5.69 Å². The average Bonchev–Trinajstić information content (AvgIpc) is 1.55. The van der Waals surface area contributed by atoms with Crippen molar-refractivity contribution in [1.82, 2.24) is 24.9 Å². The molecule has 11 aliphatic rings. The molecule has 14 rings (SSSR count). The monoisotopic (exact) mass is 1630 g/mol. The zero-order chi connectivity index (χ0) is 80.4. The number of imide groups is 1. The van der Waals surface area contributed by atoms with E-state index in [1.807, 2.05) is 0 Å². The Kier molecular flexibility index (Phi) is 30.9. The van der Waals surface area contributed by atoms with Crippen molar-refractivity contribution in [1.29, 1.82) is 0 Å². The Morgan fingerprint density at radius 3 is 2.10 bits per heavy atom. The molecule has 1 spiro atoms. The molecule has 6 unspecified atom stereocenters. The van der Waals surface area contributed by atoms with Crippen LogP contribution in [0.2, 0.25) is 0 Å². The van der Waals surface area contributed by atoms with Gasteiger partial charge in [-0.1, -0.05) is 43.5 Å². The lowest BCUT2D eigenvalue weighted by atomic mass is 9.81. The minimum atomic E-state index is -4.26. The summed E-state index contributed by atoms with van der Waals surface area (Å²) in [5.74, 6) is -2.47.